The van der Waals surface area contributed by atoms with Crippen molar-refractivity contribution in [2.24, 2.45) is 0 Å². The van der Waals surface area contributed by atoms with Gasteiger partial charge in [0, 0.05) is 23.7 Å². The molecule has 2 unspecified atom stereocenters. The molecule has 15 heavy (non-hydrogen) atoms. The van der Waals surface area contributed by atoms with Gasteiger partial charge in [-0.1, -0.05) is 0 Å². The molecule has 1 aliphatic heterocycles. The van der Waals surface area contributed by atoms with Gasteiger partial charge in [0.15, 0.2) is 6.29 Å². The zero-order chi connectivity index (χ0) is 10.8. The predicted octanol–water partition coefficient (Wildman–Crippen LogP) is 1.91. The fraction of sp³-hybridized carbons (Fsp3) is 0.545. The maximum absolute atomic E-state index is 10.6. The molecule has 0 aliphatic carbocycles. The summed E-state index contributed by atoms with van der Waals surface area (Å²) in [7, 11) is 0. The van der Waals surface area contributed by atoms with Crippen LogP contribution in [-0.2, 0) is 0 Å². The van der Waals surface area contributed by atoms with Crippen LogP contribution in [-0.4, -0.2) is 30.1 Å². The Kier molecular flexibility index (Phi) is 3.07. The molecule has 0 saturated carbocycles. The molecule has 82 valence electrons. The summed E-state index contributed by atoms with van der Waals surface area (Å²) >= 11 is 1.47. The maximum atomic E-state index is 10.6. The second-order valence-electron chi connectivity index (χ2n) is 4.05. The van der Waals surface area contributed by atoms with Gasteiger partial charge in [0.25, 0.3) is 0 Å². The van der Waals surface area contributed by atoms with Crippen LogP contribution >= 0.6 is 11.3 Å². The Morgan fingerprint density at radius 3 is 3.07 bits per heavy atom. The van der Waals surface area contributed by atoms with E-state index in [9.17, 15) is 9.90 Å². The van der Waals surface area contributed by atoms with E-state index in [1.807, 2.05) is 11.4 Å². The quantitative estimate of drug-likeness (QED) is 0.782. The molecule has 0 radical (unpaired) electrons. The van der Waals surface area contributed by atoms with Gasteiger partial charge < -0.3 is 10.0 Å². The van der Waals surface area contributed by atoms with E-state index in [0.29, 0.717) is 6.04 Å². The Labute approximate surface area is 93.3 Å². The summed E-state index contributed by atoms with van der Waals surface area (Å²) in [6.07, 6.45) is 2.35. The fourth-order valence-corrected chi connectivity index (χ4v) is 2.79. The second kappa shape index (κ2) is 4.33. The van der Waals surface area contributed by atoms with Crippen LogP contribution < -0.4 is 4.90 Å². The number of anilines is 1. The van der Waals surface area contributed by atoms with Crippen molar-refractivity contribution in [3.05, 3.63) is 16.3 Å². The molecule has 2 rings (SSSR count). The minimum absolute atomic E-state index is 0.166. The van der Waals surface area contributed by atoms with Crippen LogP contribution in [0.5, 0.6) is 0 Å². The Morgan fingerprint density at radius 1 is 1.67 bits per heavy atom. The first kappa shape index (κ1) is 10.6. The lowest BCUT2D eigenvalue weighted by Gasteiger charge is -2.36. The zero-order valence-corrected chi connectivity index (χ0v) is 9.54. The number of hydrogen-bond donors (Lipinski definition) is 1. The predicted molar refractivity (Wildman–Crippen MR) is 61.8 cm³/mol. The van der Waals surface area contributed by atoms with Gasteiger partial charge in [-0.3, -0.25) is 4.79 Å². The molecule has 1 aliphatic rings. The highest BCUT2D eigenvalue weighted by Crippen LogP contribution is 2.28. The highest BCUT2D eigenvalue weighted by Gasteiger charge is 2.24. The third-order valence-corrected chi connectivity index (χ3v) is 3.75. The molecule has 1 saturated heterocycles. The summed E-state index contributed by atoms with van der Waals surface area (Å²) in [5, 5.41) is 11.5. The van der Waals surface area contributed by atoms with Crippen LogP contribution in [0.1, 0.15) is 29.4 Å². The summed E-state index contributed by atoms with van der Waals surface area (Å²) in [4.78, 5) is 13.6. The molecule has 0 spiro atoms. The number of rotatable bonds is 2. The fourth-order valence-electron chi connectivity index (χ4n) is 2.09. The van der Waals surface area contributed by atoms with Crippen LogP contribution in [0, 0.1) is 0 Å². The van der Waals surface area contributed by atoms with E-state index in [2.05, 4.69) is 11.8 Å². The van der Waals surface area contributed by atoms with Gasteiger partial charge in [0.2, 0.25) is 0 Å². The van der Waals surface area contributed by atoms with Crippen molar-refractivity contribution in [1.29, 1.82) is 0 Å². The molecule has 1 aromatic rings. The molecule has 2 heterocycles. The number of carbonyl (C=O) groups excluding carboxylic acids is 1. The first-order valence-corrected chi connectivity index (χ1v) is 6.07. The number of aldehydes is 1. The van der Waals surface area contributed by atoms with Gasteiger partial charge in [-0.05, 0) is 25.8 Å². The molecule has 1 N–H and O–H groups in total. The smallest absolute Gasteiger partial charge is 0.160 e. The molecular weight excluding hydrogens is 210 g/mol. The van der Waals surface area contributed by atoms with E-state index in [-0.39, 0.29) is 6.10 Å². The molecule has 3 nitrogen and oxygen atoms in total. The van der Waals surface area contributed by atoms with Crippen molar-refractivity contribution in [2.45, 2.75) is 31.9 Å². The first-order chi connectivity index (χ1) is 7.20. The lowest BCUT2D eigenvalue weighted by molar-refractivity contribution is 0.112. The number of hydrogen-bond acceptors (Lipinski definition) is 4. The summed E-state index contributed by atoms with van der Waals surface area (Å²) in [6.45, 7) is 2.98. The lowest BCUT2D eigenvalue weighted by atomic mass is 10.0. The van der Waals surface area contributed by atoms with Gasteiger partial charge >= 0.3 is 0 Å². The van der Waals surface area contributed by atoms with Gasteiger partial charge in [-0.25, -0.2) is 0 Å². The Hall–Kier alpha value is -0.870. The normalized spacial score (nSPS) is 26.7. The summed E-state index contributed by atoms with van der Waals surface area (Å²) < 4.78 is 0. The van der Waals surface area contributed by atoms with Crippen LogP contribution in [0.2, 0.25) is 0 Å². The van der Waals surface area contributed by atoms with Crippen molar-refractivity contribution in [2.75, 3.05) is 11.4 Å². The van der Waals surface area contributed by atoms with E-state index in [4.69, 9.17) is 0 Å². The number of aliphatic hydroxyl groups excluding tert-OH is 1. The Balaban J connectivity index is 2.12. The van der Waals surface area contributed by atoms with Crippen molar-refractivity contribution in [1.82, 2.24) is 0 Å². The van der Waals surface area contributed by atoms with Crippen molar-refractivity contribution < 1.29 is 9.90 Å². The minimum atomic E-state index is -0.166. The van der Waals surface area contributed by atoms with E-state index in [0.717, 1.165) is 36.2 Å². The number of carbonyl (C=O) groups is 1. The maximum Gasteiger partial charge on any atom is 0.160 e. The van der Waals surface area contributed by atoms with Gasteiger partial charge in [0.1, 0.15) is 0 Å². The molecule has 0 aromatic carbocycles. The van der Waals surface area contributed by atoms with E-state index in [1.54, 1.807) is 0 Å². The standard InChI is InChI=1S/C11H15NO2S/c1-8-4-10(14)2-3-12(8)9-5-11(6-13)15-7-9/h5-8,10,14H,2-4H2,1H3. The number of thiophene rings is 1. The highest BCUT2D eigenvalue weighted by atomic mass is 32.1. The van der Waals surface area contributed by atoms with Crippen molar-refractivity contribution in [3.8, 4) is 0 Å². The largest absolute Gasteiger partial charge is 0.393 e. The average Bonchev–Trinajstić information content (AvgIpc) is 2.66. The van der Waals surface area contributed by atoms with E-state index in [1.165, 1.54) is 11.3 Å². The van der Waals surface area contributed by atoms with Crippen LogP contribution in [0.4, 0.5) is 5.69 Å². The SMILES string of the molecule is CC1CC(O)CCN1c1csc(C=O)c1. The molecule has 2 atom stereocenters. The average molecular weight is 225 g/mol. The van der Waals surface area contributed by atoms with Gasteiger partial charge in [-0.15, -0.1) is 11.3 Å². The molecule has 1 fully saturated rings. The molecule has 0 bridgehead atoms. The van der Waals surface area contributed by atoms with Crippen LogP contribution in [0.25, 0.3) is 0 Å². The third-order valence-electron chi connectivity index (χ3n) is 2.90. The first-order valence-electron chi connectivity index (χ1n) is 5.19. The molecule has 4 heteroatoms. The van der Waals surface area contributed by atoms with Crippen molar-refractivity contribution in [3.63, 3.8) is 0 Å². The summed E-state index contributed by atoms with van der Waals surface area (Å²) in [6, 6.07) is 2.27. The van der Waals surface area contributed by atoms with Crippen molar-refractivity contribution >= 4 is 23.3 Å². The third kappa shape index (κ3) is 2.21. The lowest BCUT2D eigenvalue weighted by Crippen LogP contribution is -2.42. The Bertz CT molecular complexity index is 350. The number of nitrogens with zero attached hydrogens (tertiary/aromatic N) is 1. The zero-order valence-electron chi connectivity index (χ0n) is 8.72. The monoisotopic (exact) mass is 225 g/mol. The van der Waals surface area contributed by atoms with E-state index >= 15 is 0 Å². The van der Waals surface area contributed by atoms with Crippen LogP contribution in [0.3, 0.4) is 0 Å². The summed E-state index contributed by atoms with van der Waals surface area (Å²) in [5.41, 5.74) is 1.11. The van der Waals surface area contributed by atoms with Crippen LogP contribution in [0.15, 0.2) is 11.4 Å². The number of piperidine rings is 1. The topological polar surface area (TPSA) is 40.5 Å². The van der Waals surface area contributed by atoms with Gasteiger partial charge in [0.05, 0.1) is 11.0 Å². The van der Waals surface area contributed by atoms with E-state index < -0.39 is 0 Å². The minimum Gasteiger partial charge on any atom is -0.393 e. The number of aliphatic hydroxyl groups is 1. The molecular formula is C11H15NO2S. The Morgan fingerprint density at radius 2 is 2.47 bits per heavy atom. The molecule has 0 amide bonds. The summed E-state index contributed by atoms with van der Waals surface area (Å²) in [5.74, 6) is 0. The molecule has 1 aromatic heterocycles. The highest BCUT2D eigenvalue weighted by molar-refractivity contribution is 7.12. The second-order valence-corrected chi connectivity index (χ2v) is 4.99. The van der Waals surface area contributed by atoms with Gasteiger partial charge in [-0.2, -0.15) is 0 Å².